The van der Waals surface area contributed by atoms with Crippen molar-refractivity contribution in [1.82, 2.24) is 15.2 Å². The topological polar surface area (TPSA) is 82.5 Å². The first-order valence-electron chi connectivity index (χ1n) is 6.79. The molecule has 0 aliphatic carbocycles. The van der Waals surface area contributed by atoms with Crippen LogP contribution in [0.2, 0.25) is 0 Å². The first kappa shape index (κ1) is 14.3. The SMILES string of the molecule is O=C(O)CC1CCN(C(=O)NCc2ccccn2)CC1. The highest BCUT2D eigenvalue weighted by atomic mass is 16.4. The Morgan fingerprint density at radius 1 is 1.35 bits per heavy atom. The average Bonchev–Trinajstić information content (AvgIpc) is 2.46. The van der Waals surface area contributed by atoms with Crippen LogP contribution in [0.1, 0.15) is 25.0 Å². The number of urea groups is 1. The number of carbonyl (C=O) groups is 2. The summed E-state index contributed by atoms with van der Waals surface area (Å²) in [6, 6.07) is 5.47. The van der Waals surface area contributed by atoms with Crippen molar-refractivity contribution in [2.24, 2.45) is 5.92 Å². The van der Waals surface area contributed by atoms with E-state index in [4.69, 9.17) is 5.11 Å². The van der Waals surface area contributed by atoms with E-state index in [-0.39, 0.29) is 18.4 Å². The largest absolute Gasteiger partial charge is 0.481 e. The first-order chi connectivity index (χ1) is 9.65. The van der Waals surface area contributed by atoms with E-state index in [1.54, 1.807) is 11.1 Å². The predicted octanol–water partition coefficient (Wildman–Crippen LogP) is 1.48. The molecule has 0 unspecified atom stereocenters. The Morgan fingerprint density at radius 2 is 2.10 bits per heavy atom. The summed E-state index contributed by atoms with van der Waals surface area (Å²) in [7, 11) is 0. The van der Waals surface area contributed by atoms with Crippen LogP contribution in [-0.4, -0.2) is 40.1 Å². The molecule has 20 heavy (non-hydrogen) atoms. The van der Waals surface area contributed by atoms with Crippen LogP contribution >= 0.6 is 0 Å². The molecule has 2 N–H and O–H groups in total. The predicted molar refractivity (Wildman–Crippen MR) is 73.0 cm³/mol. The average molecular weight is 277 g/mol. The van der Waals surface area contributed by atoms with E-state index in [0.29, 0.717) is 19.6 Å². The molecule has 0 bridgehead atoms. The third kappa shape index (κ3) is 4.22. The highest BCUT2D eigenvalue weighted by Gasteiger charge is 2.24. The van der Waals surface area contributed by atoms with Crippen molar-refractivity contribution in [3.63, 3.8) is 0 Å². The molecule has 6 nitrogen and oxygen atoms in total. The number of hydrogen-bond acceptors (Lipinski definition) is 3. The summed E-state index contributed by atoms with van der Waals surface area (Å²) >= 11 is 0. The number of aromatic nitrogens is 1. The lowest BCUT2D eigenvalue weighted by molar-refractivity contribution is -0.138. The minimum Gasteiger partial charge on any atom is -0.481 e. The molecule has 2 heterocycles. The number of piperidine rings is 1. The van der Waals surface area contributed by atoms with Crippen LogP contribution in [0, 0.1) is 5.92 Å². The fourth-order valence-corrected chi connectivity index (χ4v) is 2.37. The highest BCUT2D eigenvalue weighted by molar-refractivity contribution is 5.74. The summed E-state index contributed by atoms with van der Waals surface area (Å²) in [6.45, 7) is 1.65. The van der Waals surface area contributed by atoms with Gasteiger partial charge in [0.15, 0.2) is 0 Å². The first-order valence-corrected chi connectivity index (χ1v) is 6.79. The zero-order chi connectivity index (χ0) is 14.4. The van der Waals surface area contributed by atoms with Gasteiger partial charge in [-0.2, -0.15) is 0 Å². The van der Waals surface area contributed by atoms with Crippen molar-refractivity contribution >= 4 is 12.0 Å². The van der Waals surface area contributed by atoms with E-state index in [2.05, 4.69) is 10.3 Å². The Balaban J connectivity index is 1.73. The Labute approximate surface area is 117 Å². The van der Waals surface area contributed by atoms with Gasteiger partial charge in [-0.1, -0.05) is 6.07 Å². The quantitative estimate of drug-likeness (QED) is 0.873. The highest BCUT2D eigenvalue weighted by Crippen LogP contribution is 2.20. The molecule has 1 fully saturated rings. The fraction of sp³-hybridized carbons (Fsp3) is 0.500. The van der Waals surface area contributed by atoms with Gasteiger partial charge in [-0.25, -0.2) is 4.79 Å². The standard InChI is InChI=1S/C14H19N3O3/c18-13(19)9-11-4-7-17(8-5-11)14(20)16-10-12-3-1-2-6-15-12/h1-3,6,11H,4-5,7-10H2,(H,16,20)(H,18,19). The van der Waals surface area contributed by atoms with Crippen LogP contribution in [0.4, 0.5) is 4.79 Å². The van der Waals surface area contributed by atoms with E-state index >= 15 is 0 Å². The third-order valence-electron chi connectivity index (χ3n) is 3.51. The van der Waals surface area contributed by atoms with Gasteiger partial charge in [-0.05, 0) is 30.9 Å². The molecule has 1 aliphatic rings. The van der Waals surface area contributed by atoms with Gasteiger partial charge in [-0.15, -0.1) is 0 Å². The number of carboxylic acids is 1. The number of carboxylic acid groups (broad SMARTS) is 1. The smallest absolute Gasteiger partial charge is 0.317 e. The van der Waals surface area contributed by atoms with Crippen LogP contribution < -0.4 is 5.32 Å². The minimum absolute atomic E-state index is 0.107. The fourth-order valence-electron chi connectivity index (χ4n) is 2.37. The number of pyridine rings is 1. The zero-order valence-corrected chi connectivity index (χ0v) is 11.3. The molecule has 108 valence electrons. The van der Waals surface area contributed by atoms with Gasteiger partial charge in [-0.3, -0.25) is 9.78 Å². The van der Waals surface area contributed by atoms with Crippen LogP contribution in [-0.2, 0) is 11.3 Å². The van der Waals surface area contributed by atoms with Crippen molar-refractivity contribution in [3.8, 4) is 0 Å². The molecule has 0 aromatic carbocycles. The van der Waals surface area contributed by atoms with Gasteiger partial charge in [0.25, 0.3) is 0 Å². The molecule has 1 aliphatic heterocycles. The Hall–Kier alpha value is -2.11. The summed E-state index contributed by atoms with van der Waals surface area (Å²) in [5, 5.41) is 11.6. The lowest BCUT2D eigenvalue weighted by Crippen LogP contribution is -2.44. The van der Waals surface area contributed by atoms with Crippen molar-refractivity contribution in [2.45, 2.75) is 25.8 Å². The van der Waals surface area contributed by atoms with E-state index < -0.39 is 5.97 Å². The van der Waals surface area contributed by atoms with Crippen molar-refractivity contribution in [3.05, 3.63) is 30.1 Å². The number of rotatable bonds is 4. The maximum atomic E-state index is 12.0. The van der Waals surface area contributed by atoms with Crippen LogP contribution in [0.5, 0.6) is 0 Å². The van der Waals surface area contributed by atoms with Gasteiger partial charge in [0, 0.05) is 25.7 Å². The molecular weight excluding hydrogens is 258 g/mol. The summed E-state index contributed by atoms with van der Waals surface area (Å²) in [6.07, 6.45) is 3.40. The molecule has 1 aromatic heterocycles. The molecule has 1 aromatic rings. The molecule has 2 rings (SSSR count). The number of nitrogens with one attached hydrogen (secondary N) is 1. The van der Waals surface area contributed by atoms with Gasteiger partial charge in [0.1, 0.15) is 0 Å². The lowest BCUT2D eigenvalue weighted by Gasteiger charge is -2.31. The molecule has 0 radical (unpaired) electrons. The minimum atomic E-state index is -0.761. The second kappa shape index (κ2) is 6.88. The summed E-state index contributed by atoms with van der Waals surface area (Å²) in [5.41, 5.74) is 0.821. The maximum absolute atomic E-state index is 12.0. The summed E-state index contributed by atoms with van der Waals surface area (Å²) in [4.78, 5) is 28.5. The monoisotopic (exact) mass is 277 g/mol. The molecule has 0 saturated carbocycles. The molecule has 0 spiro atoms. The van der Waals surface area contributed by atoms with Gasteiger partial charge in [0.2, 0.25) is 0 Å². The Morgan fingerprint density at radius 3 is 2.70 bits per heavy atom. The molecule has 2 amide bonds. The number of hydrogen-bond donors (Lipinski definition) is 2. The van der Waals surface area contributed by atoms with E-state index in [0.717, 1.165) is 18.5 Å². The Bertz CT molecular complexity index is 456. The number of carbonyl (C=O) groups excluding carboxylic acids is 1. The van der Waals surface area contributed by atoms with E-state index in [1.807, 2.05) is 18.2 Å². The van der Waals surface area contributed by atoms with Crippen molar-refractivity contribution in [2.75, 3.05) is 13.1 Å². The molecule has 1 saturated heterocycles. The van der Waals surface area contributed by atoms with Crippen LogP contribution in [0.15, 0.2) is 24.4 Å². The van der Waals surface area contributed by atoms with Crippen LogP contribution in [0.25, 0.3) is 0 Å². The van der Waals surface area contributed by atoms with Crippen LogP contribution in [0.3, 0.4) is 0 Å². The molecule has 6 heteroatoms. The van der Waals surface area contributed by atoms with Gasteiger partial charge < -0.3 is 15.3 Å². The van der Waals surface area contributed by atoms with E-state index in [9.17, 15) is 9.59 Å². The Kier molecular flexibility index (Phi) is 4.92. The van der Waals surface area contributed by atoms with Gasteiger partial charge >= 0.3 is 12.0 Å². The summed E-state index contributed by atoms with van der Waals surface area (Å²) in [5.74, 6) is -0.574. The lowest BCUT2D eigenvalue weighted by atomic mass is 9.94. The number of amides is 2. The number of likely N-dealkylation sites (tertiary alicyclic amines) is 1. The maximum Gasteiger partial charge on any atom is 0.317 e. The van der Waals surface area contributed by atoms with Gasteiger partial charge in [0.05, 0.1) is 12.2 Å². The van der Waals surface area contributed by atoms with Crippen molar-refractivity contribution in [1.29, 1.82) is 0 Å². The van der Waals surface area contributed by atoms with E-state index in [1.165, 1.54) is 0 Å². The summed E-state index contributed by atoms with van der Waals surface area (Å²) < 4.78 is 0. The molecule has 0 atom stereocenters. The zero-order valence-electron chi connectivity index (χ0n) is 11.3. The third-order valence-corrected chi connectivity index (χ3v) is 3.51. The normalized spacial score (nSPS) is 15.9. The number of aliphatic carboxylic acids is 1. The number of nitrogens with zero attached hydrogens (tertiary/aromatic N) is 2. The molecular formula is C14H19N3O3. The second-order valence-corrected chi connectivity index (χ2v) is 5.01. The van der Waals surface area contributed by atoms with Crippen molar-refractivity contribution < 1.29 is 14.7 Å². The second-order valence-electron chi connectivity index (χ2n) is 5.01.